The highest BCUT2D eigenvalue weighted by Crippen LogP contribution is 2.34. The normalized spacial score (nSPS) is 10.7. The van der Waals surface area contributed by atoms with Gasteiger partial charge in [-0.15, -0.1) is 0 Å². The van der Waals surface area contributed by atoms with Crippen LogP contribution in [0.4, 0.5) is 10.2 Å². The van der Waals surface area contributed by atoms with Crippen LogP contribution in [0.1, 0.15) is 25.3 Å². The molecule has 0 atom stereocenters. The van der Waals surface area contributed by atoms with E-state index in [1.807, 2.05) is 13.8 Å². The van der Waals surface area contributed by atoms with Gasteiger partial charge in [0.1, 0.15) is 6.33 Å². The molecule has 0 radical (unpaired) electrons. The average molecular weight is 297 g/mol. The van der Waals surface area contributed by atoms with Gasteiger partial charge in [-0.3, -0.25) is 0 Å². The number of hydrogen-bond donors (Lipinski definition) is 2. The van der Waals surface area contributed by atoms with Crippen molar-refractivity contribution in [3.05, 3.63) is 40.9 Å². The monoisotopic (exact) mass is 296 g/mol. The van der Waals surface area contributed by atoms with E-state index in [0.29, 0.717) is 11.4 Å². The van der Waals surface area contributed by atoms with Gasteiger partial charge in [-0.2, -0.15) is 0 Å². The Bertz CT molecular complexity index is 621. The Labute approximate surface area is 120 Å². The van der Waals surface area contributed by atoms with Crippen LogP contribution in [-0.2, 0) is 0 Å². The Morgan fingerprint density at radius 2 is 2.10 bits per heavy atom. The van der Waals surface area contributed by atoms with Crippen molar-refractivity contribution in [2.75, 3.05) is 5.43 Å². The van der Waals surface area contributed by atoms with Crippen molar-refractivity contribution in [1.29, 1.82) is 0 Å². The van der Waals surface area contributed by atoms with Crippen molar-refractivity contribution in [3.8, 4) is 11.6 Å². The first-order chi connectivity index (χ1) is 9.54. The summed E-state index contributed by atoms with van der Waals surface area (Å²) in [7, 11) is 0. The quantitative estimate of drug-likeness (QED) is 0.667. The number of nitrogen functional groups attached to an aromatic ring is 1. The van der Waals surface area contributed by atoms with Crippen LogP contribution in [0.15, 0.2) is 24.5 Å². The molecule has 1 heterocycles. The van der Waals surface area contributed by atoms with Gasteiger partial charge in [0.15, 0.2) is 17.4 Å². The van der Waals surface area contributed by atoms with E-state index in [9.17, 15) is 4.39 Å². The summed E-state index contributed by atoms with van der Waals surface area (Å²) in [6, 6.07) is 4.52. The Hall–Kier alpha value is -1.92. The number of nitrogens with one attached hydrogen (secondary N) is 1. The highest BCUT2D eigenvalue weighted by molar-refractivity contribution is 6.30. The summed E-state index contributed by atoms with van der Waals surface area (Å²) in [6.07, 6.45) is 1.29. The van der Waals surface area contributed by atoms with Crippen LogP contribution in [0.3, 0.4) is 0 Å². The largest absolute Gasteiger partial charge is 0.435 e. The third-order valence-electron chi connectivity index (χ3n) is 2.68. The topological polar surface area (TPSA) is 73.1 Å². The molecule has 0 saturated carbocycles. The Kier molecular flexibility index (Phi) is 4.36. The van der Waals surface area contributed by atoms with Gasteiger partial charge in [-0.1, -0.05) is 31.5 Å². The van der Waals surface area contributed by atoms with E-state index in [1.54, 1.807) is 6.07 Å². The number of halogens is 2. The number of ether oxygens (including phenoxy) is 1. The number of aromatic nitrogens is 2. The van der Waals surface area contributed by atoms with Gasteiger partial charge in [0, 0.05) is 0 Å². The zero-order valence-electron chi connectivity index (χ0n) is 11.0. The van der Waals surface area contributed by atoms with Crippen LogP contribution < -0.4 is 16.0 Å². The standard InChI is InChI=1S/C13H14ClFN4O/c1-7(2)10-12(19-16)17-6-18-13(10)20-9-5-3-4-8(14)11(9)15/h3-7H,16H2,1-2H3,(H,17,18,19). The minimum Gasteiger partial charge on any atom is -0.435 e. The number of anilines is 1. The fourth-order valence-corrected chi connectivity index (χ4v) is 1.93. The molecule has 0 bridgehead atoms. The summed E-state index contributed by atoms with van der Waals surface area (Å²) < 4.78 is 19.4. The summed E-state index contributed by atoms with van der Waals surface area (Å²) in [5.74, 6) is 5.50. The lowest BCUT2D eigenvalue weighted by atomic mass is 10.1. The molecule has 3 N–H and O–H groups in total. The van der Waals surface area contributed by atoms with Gasteiger partial charge in [0.25, 0.3) is 0 Å². The zero-order valence-corrected chi connectivity index (χ0v) is 11.8. The minimum atomic E-state index is -0.634. The first kappa shape index (κ1) is 14.5. The Morgan fingerprint density at radius 3 is 2.75 bits per heavy atom. The molecule has 0 aliphatic heterocycles. The van der Waals surface area contributed by atoms with Crippen LogP contribution in [0.25, 0.3) is 0 Å². The van der Waals surface area contributed by atoms with E-state index in [-0.39, 0.29) is 22.6 Å². The van der Waals surface area contributed by atoms with Gasteiger partial charge in [-0.05, 0) is 18.1 Å². The van der Waals surface area contributed by atoms with Crippen LogP contribution in [0.2, 0.25) is 5.02 Å². The number of rotatable bonds is 4. The Balaban J connectivity index is 2.46. The molecule has 20 heavy (non-hydrogen) atoms. The lowest BCUT2D eigenvalue weighted by Crippen LogP contribution is -2.13. The molecule has 0 amide bonds. The van der Waals surface area contributed by atoms with Gasteiger partial charge in [-0.25, -0.2) is 20.2 Å². The molecule has 2 aromatic rings. The van der Waals surface area contributed by atoms with Gasteiger partial charge in [0.05, 0.1) is 10.6 Å². The third-order valence-corrected chi connectivity index (χ3v) is 2.98. The van der Waals surface area contributed by atoms with Crippen LogP contribution in [0, 0.1) is 5.82 Å². The van der Waals surface area contributed by atoms with Crippen LogP contribution >= 0.6 is 11.6 Å². The summed E-state index contributed by atoms with van der Waals surface area (Å²) in [5.41, 5.74) is 3.14. The van der Waals surface area contributed by atoms with Crippen LogP contribution in [-0.4, -0.2) is 9.97 Å². The zero-order chi connectivity index (χ0) is 14.7. The second-order valence-corrected chi connectivity index (χ2v) is 4.80. The smallest absolute Gasteiger partial charge is 0.228 e. The molecule has 0 unspecified atom stereocenters. The molecule has 0 spiro atoms. The molecular formula is C13H14ClFN4O. The highest BCUT2D eigenvalue weighted by Gasteiger charge is 2.18. The molecule has 1 aromatic heterocycles. The van der Waals surface area contributed by atoms with Crippen molar-refractivity contribution in [2.24, 2.45) is 5.84 Å². The van der Waals surface area contributed by atoms with Crippen molar-refractivity contribution < 1.29 is 9.13 Å². The lowest BCUT2D eigenvalue weighted by molar-refractivity contribution is 0.419. The summed E-state index contributed by atoms with van der Waals surface area (Å²) in [4.78, 5) is 8.05. The highest BCUT2D eigenvalue weighted by atomic mass is 35.5. The number of hydrogen-bond acceptors (Lipinski definition) is 5. The maximum absolute atomic E-state index is 13.9. The number of nitrogens with two attached hydrogens (primary N) is 1. The number of benzene rings is 1. The molecule has 0 aliphatic carbocycles. The SMILES string of the molecule is CC(C)c1c(NN)ncnc1Oc1cccc(Cl)c1F. The maximum atomic E-state index is 13.9. The molecule has 1 aromatic carbocycles. The first-order valence-corrected chi connectivity index (χ1v) is 6.35. The van der Waals surface area contributed by atoms with Crippen molar-refractivity contribution in [3.63, 3.8) is 0 Å². The third kappa shape index (κ3) is 2.81. The molecule has 106 valence electrons. The van der Waals surface area contributed by atoms with Crippen LogP contribution in [0.5, 0.6) is 11.6 Å². The molecule has 7 heteroatoms. The van der Waals surface area contributed by atoms with Gasteiger partial charge < -0.3 is 10.2 Å². The molecule has 0 aliphatic rings. The molecular weight excluding hydrogens is 283 g/mol. The van der Waals surface area contributed by atoms with E-state index in [2.05, 4.69) is 15.4 Å². The van der Waals surface area contributed by atoms with Gasteiger partial charge >= 0.3 is 0 Å². The summed E-state index contributed by atoms with van der Waals surface area (Å²) in [5, 5.41) is -0.0140. The molecule has 0 saturated heterocycles. The maximum Gasteiger partial charge on any atom is 0.228 e. The Morgan fingerprint density at radius 1 is 1.35 bits per heavy atom. The van der Waals surface area contributed by atoms with Crippen molar-refractivity contribution >= 4 is 17.4 Å². The van der Waals surface area contributed by atoms with E-state index < -0.39 is 5.82 Å². The van der Waals surface area contributed by atoms with Gasteiger partial charge in [0.2, 0.25) is 5.88 Å². The summed E-state index contributed by atoms with van der Waals surface area (Å²) in [6.45, 7) is 3.86. The van der Waals surface area contributed by atoms with E-state index >= 15 is 0 Å². The van der Waals surface area contributed by atoms with Crippen molar-refractivity contribution in [2.45, 2.75) is 19.8 Å². The van der Waals surface area contributed by atoms with E-state index in [1.165, 1.54) is 18.5 Å². The number of hydrazine groups is 1. The lowest BCUT2D eigenvalue weighted by Gasteiger charge is -2.15. The fraction of sp³-hybridized carbons (Fsp3) is 0.231. The number of nitrogens with zero attached hydrogens (tertiary/aromatic N) is 2. The fourth-order valence-electron chi connectivity index (χ4n) is 1.76. The van der Waals surface area contributed by atoms with Crippen molar-refractivity contribution in [1.82, 2.24) is 9.97 Å². The predicted octanol–water partition coefficient (Wildman–Crippen LogP) is 3.47. The van der Waals surface area contributed by atoms with E-state index in [0.717, 1.165) is 0 Å². The molecule has 2 rings (SSSR count). The molecule has 5 nitrogen and oxygen atoms in total. The second-order valence-electron chi connectivity index (χ2n) is 4.39. The summed E-state index contributed by atoms with van der Waals surface area (Å²) >= 11 is 5.72. The average Bonchev–Trinajstić information content (AvgIpc) is 2.43. The first-order valence-electron chi connectivity index (χ1n) is 5.98. The molecule has 0 fully saturated rings. The van der Waals surface area contributed by atoms with E-state index in [4.69, 9.17) is 22.2 Å². The predicted molar refractivity (Wildman–Crippen MR) is 75.4 cm³/mol. The second kappa shape index (κ2) is 6.02. The minimum absolute atomic E-state index is 0.000992.